The van der Waals surface area contributed by atoms with Crippen molar-refractivity contribution in [3.05, 3.63) is 77.4 Å². The fourth-order valence-electron chi connectivity index (χ4n) is 4.10. The molecule has 2 heterocycles. The van der Waals surface area contributed by atoms with E-state index in [9.17, 15) is 36.2 Å². The molecule has 1 aliphatic rings. The summed E-state index contributed by atoms with van der Waals surface area (Å²) in [4.78, 5) is 16.8. The first-order chi connectivity index (χ1) is 17.9. The van der Waals surface area contributed by atoms with Crippen LogP contribution in [0.1, 0.15) is 47.9 Å². The maximum atomic E-state index is 13.8. The molecule has 1 atom stereocenters. The van der Waals surface area contributed by atoms with Gasteiger partial charge >= 0.3 is 18.4 Å². The van der Waals surface area contributed by atoms with E-state index in [-0.39, 0.29) is 35.9 Å². The highest BCUT2D eigenvalue weighted by Gasteiger charge is 2.36. The topological polar surface area (TPSA) is 75.8 Å². The Kier molecular flexibility index (Phi) is 7.70. The highest BCUT2D eigenvalue weighted by atomic mass is 19.4. The van der Waals surface area contributed by atoms with Gasteiger partial charge in [0.25, 0.3) is 0 Å². The van der Waals surface area contributed by atoms with Gasteiger partial charge in [-0.2, -0.15) is 26.3 Å². The van der Waals surface area contributed by atoms with Crippen LogP contribution in [0.2, 0.25) is 0 Å². The van der Waals surface area contributed by atoms with Crippen LogP contribution < -0.4 is 4.74 Å². The van der Waals surface area contributed by atoms with Crippen LogP contribution in [0.15, 0.2) is 59.2 Å². The van der Waals surface area contributed by atoms with Crippen LogP contribution in [0.3, 0.4) is 0 Å². The molecule has 1 aliphatic heterocycles. The lowest BCUT2D eigenvalue weighted by molar-refractivity contribution is -0.139. The molecule has 0 radical (unpaired) electrons. The van der Waals surface area contributed by atoms with Gasteiger partial charge in [0.2, 0.25) is 5.89 Å². The van der Waals surface area contributed by atoms with Crippen molar-refractivity contribution >= 4 is 12.2 Å². The molecule has 0 spiro atoms. The molecule has 6 nitrogen and oxygen atoms in total. The molecule has 4 rings (SSSR count). The number of rotatable bonds is 7. The molecular formula is C26H22F6N2O4. The van der Waals surface area contributed by atoms with Crippen LogP contribution in [-0.2, 0) is 12.4 Å². The first-order valence-electron chi connectivity index (χ1n) is 11.6. The number of carbonyl (C=O) groups is 1. The number of carboxylic acid groups (broad SMARTS) is 1. The van der Waals surface area contributed by atoms with E-state index in [2.05, 4.69) is 4.98 Å². The second kappa shape index (κ2) is 10.8. The number of likely N-dealkylation sites (tertiary alicyclic amines) is 1. The van der Waals surface area contributed by atoms with Gasteiger partial charge in [-0.05, 0) is 55.2 Å². The molecule has 0 bridgehead atoms. The quantitative estimate of drug-likeness (QED) is 0.246. The third-order valence-electron chi connectivity index (χ3n) is 5.98. The third-order valence-corrected chi connectivity index (χ3v) is 5.98. The number of hydrogen-bond donors (Lipinski definition) is 1. The Labute approximate surface area is 213 Å². The molecule has 202 valence electrons. The average Bonchev–Trinajstić information content (AvgIpc) is 3.53. The van der Waals surface area contributed by atoms with Crippen molar-refractivity contribution in [1.82, 2.24) is 9.88 Å². The summed E-state index contributed by atoms with van der Waals surface area (Å²) in [7, 11) is 0. The lowest BCUT2D eigenvalue weighted by Crippen LogP contribution is -2.28. The van der Waals surface area contributed by atoms with E-state index in [1.165, 1.54) is 35.4 Å². The van der Waals surface area contributed by atoms with Crippen LogP contribution in [0.4, 0.5) is 31.1 Å². The van der Waals surface area contributed by atoms with Gasteiger partial charge in [-0.1, -0.05) is 24.3 Å². The van der Waals surface area contributed by atoms with Gasteiger partial charge in [0.15, 0.2) is 0 Å². The number of aromatic nitrogens is 1. The highest BCUT2D eigenvalue weighted by molar-refractivity contribution is 5.66. The van der Waals surface area contributed by atoms with Crippen LogP contribution in [0.25, 0.3) is 17.3 Å². The van der Waals surface area contributed by atoms with Crippen molar-refractivity contribution < 1.29 is 45.4 Å². The van der Waals surface area contributed by atoms with E-state index >= 15 is 0 Å². The molecule has 1 aromatic heterocycles. The SMILES string of the molecule is O=C(O)N1CCC[C@H]1c1nc(-c2ccc(OCC/C=C/c3ccc(C(F)(F)F)cc3)c(C(F)(F)F)c2)co1. The fourth-order valence-corrected chi connectivity index (χ4v) is 4.10. The lowest BCUT2D eigenvalue weighted by Gasteiger charge is -2.18. The largest absolute Gasteiger partial charge is 0.493 e. The number of ether oxygens (including phenoxy) is 1. The molecule has 2 aromatic carbocycles. The maximum absolute atomic E-state index is 13.8. The van der Waals surface area contributed by atoms with Gasteiger partial charge in [0.05, 0.1) is 17.7 Å². The fraction of sp³-hybridized carbons (Fsp3) is 0.308. The van der Waals surface area contributed by atoms with Crippen molar-refractivity contribution in [2.24, 2.45) is 0 Å². The highest BCUT2D eigenvalue weighted by Crippen LogP contribution is 2.39. The van der Waals surface area contributed by atoms with E-state index < -0.39 is 35.6 Å². The summed E-state index contributed by atoms with van der Waals surface area (Å²) in [5.74, 6) is -0.269. The molecular weight excluding hydrogens is 518 g/mol. The zero-order chi connectivity index (χ0) is 27.5. The first kappa shape index (κ1) is 27.1. The van der Waals surface area contributed by atoms with E-state index in [4.69, 9.17) is 9.15 Å². The second-order valence-corrected chi connectivity index (χ2v) is 8.57. The smallest absolute Gasteiger partial charge is 0.419 e. The van der Waals surface area contributed by atoms with Crippen LogP contribution in [0.5, 0.6) is 5.75 Å². The number of halogens is 6. The van der Waals surface area contributed by atoms with Gasteiger partial charge in [0, 0.05) is 12.1 Å². The standard InChI is InChI=1S/C26H22F6N2O4/c27-25(28,29)18-9-6-16(7-10-18)4-1-2-13-37-22-11-8-17(14-19(22)26(30,31)32)20-15-38-23(33-20)21-5-3-12-34(21)24(35)36/h1,4,6-11,14-15,21H,2-3,5,12-13H2,(H,35,36)/b4-1+/t21-/m0/s1. The van der Waals surface area contributed by atoms with Crippen LogP contribution >= 0.6 is 0 Å². The molecule has 1 amide bonds. The Morgan fingerprint density at radius 2 is 1.84 bits per heavy atom. The summed E-state index contributed by atoms with van der Waals surface area (Å²) >= 11 is 0. The van der Waals surface area contributed by atoms with Gasteiger partial charge < -0.3 is 14.3 Å². The molecule has 1 N–H and O–H groups in total. The Hall–Kier alpha value is -3.96. The van der Waals surface area contributed by atoms with Crippen molar-refractivity contribution in [2.45, 2.75) is 37.7 Å². The monoisotopic (exact) mass is 540 g/mol. The van der Waals surface area contributed by atoms with Gasteiger partial charge in [-0.15, -0.1) is 0 Å². The number of alkyl halides is 6. The Morgan fingerprint density at radius 3 is 2.50 bits per heavy atom. The number of oxazole rings is 1. The number of amides is 1. The Balaban J connectivity index is 1.42. The van der Waals surface area contributed by atoms with Crippen LogP contribution in [-0.4, -0.2) is 34.2 Å². The lowest BCUT2D eigenvalue weighted by atomic mass is 10.1. The summed E-state index contributed by atoms with van der Waals surface area (Å²) in [6.07, 6.45) is -4.61. The third kappa shape index (κ3) is 6.29. The van der Waals surface area contributed by atoms with E-state index in [1.54, 1.807) is 12.2 Å². The van der Waals surface area contributed by atoms with E-state index in [0.717, 1.165) is 18.2 Å². The summed E-state index contributed by atoms with van der Waals surface area (Å²) in [6, 6.07) is 7.34. The second-order valence-electron chi connectivity index (χ2n) is 8.57. The van der Waals surface area contributed by atoms with Crippen molar-refractivity contribution in [2.75, 3.05) is 13.2 Å². The number of hydrogen-bond acceptors (Lipinski definition) is 4. The maximum Gasteiger partial charge on any atom is 0.419 e. The van der Waals surface area contributed by atoms with Crippen molar-refractivity contribution in [1.29, 1.82) is 0 Å². The molecule has 12 heteroatoms. The average molecular weight is 540 g/mol. The summed E-state index contributed by atoms with van der Waals surface area (Å²) in [5.41, 5.74) is -1.02. The van der Waals surface area contributed by atoms with Gasteiger partial charge in [-0.3, -0.25) is 4.90 Å². The molecule has 3 aromatic rings. The number of nitrogens with zero attached hydrogens (tertiary/aromatic N) is 2. The zero-order valence-electron chi connectivity index (χ0n) is 19.7. The Morgan fingerprint density at radius 1 is 1.11 bits per heavy atom. The predicted molar refractivity (Wildman–Crippen MR) is 124 cm³/mol. The minimum absolute atomic E-state index is 0.0969. The van der Waals surface area contributed by atoms with Gasteiger partial charge in [-0.25, -0.2) is 9.78 Å². The van der Waals surface area contributed by atoms with E-state index in [0.29, 0.717) is 24.9 Å². The first-order valence-corrected chi connectivity index (χ1v) is 11.6. The van der Waals surface area contributed by atoms with Crippen molar-refractivity contribution in [3.8, 4) is 17.0 Å². The summed E-state index contributed by atoms with van der Waals surface area (Å²) in [6.45, 7) is 0.224. The predicted octanol–water partition coefficient (Wildman–Crippen LogP) is 7.68. The molecule has 38 heavy (non-hydrogen) atoms. The van der Waals surface area contributed by atoms with Crippen molar-refractivity contribution in [3.63, 3.8) is 0 Å². The molecule has 0 unspecified atom stereocenters. The summed E-state index contributed by atoms with van der Waals surface area (Å²) < 4.78 is 89.9. The molecule has 0 saturated carbocycles. The van der Waals surface area contributed by atoms with Gasteiger partial charge in [0.1, 0.15) is 23.7 Å². The minimum atomic E-state index is -4.72. The molecule has 1 saturated heterocycles. The summed E-state index contributed by atoms with van der Waals surface area (Å²) in [5, 5.41) is 9.30. The number of benzene rings is 2. The van der Waals surface area contributed by atoms with E-state index in [1.807, 2.05) is 0 Å². The normalized spacial score (nSPS) is 16.4. The molecule has 0 aliphatic carbocycles. The van der Waals surface area contributed by atoms with Crippen LogP contribution in [0, 0.1) is 0 Å². The minimum Gasteiger partial charge on any atom is -0.493 e. The Bertz CT molecular complexity index is 1300. The molecule has 1 fully saturated rings. The zero-order valence-corrected chi connectivity index (χ0v) is 19.7.